The zero-order chi connectivity index (χ0) is 20.4. The minimum absolute atomic E-state index is 0.155. The van der Waals surface area contributed by atoms with E-state index in [1.807, 2.05) is 30.3 Å². The molecular formula is C19H21N5O4. The van der Waals surface area contributed by atoms with Gasteiger partial charge in [-0.3, -0.25) is 23.5 Å². The fourth-order valence-electron chi connectivity index (χ4n) is 3.06. The van der Waals surface area contributed by atoms with Gasteiger partial charge in [0.1, 0.15) is 6.54 Å². The van der Waals surface area contributed by atoms with E-state index in [1.54, 1.807) is 0 Å². The van der Waals surface area contributed by atoms with Crippen molar-refractivity contribution in [3.8, 4) is 0 Å². The molecule has 1 atom stereocenters. The van der Waals surface area contributed by atoms with E-state index in [0.29, 0.717) is 6.42 Å². The number of ketones is 1. The first-order valence-electron chi connectivity index (χ1n) is 8.74. The quantitative estimate of drug-likeness (QED) is 0.632. The van der Waals surface area contributed by atoms with Crippen molar-refractivity contribution in [2.45, 2.75) is 25.9 Å². The van der Waals surface area contributed by atoms with Gasteiger partial charge >= 0.3 is 5.69 Å². The minimum atomic E-state index is -0.670. The number of nitrogens with one attached hydrogen (secondary N) is 1. The van der Waals surface area contributed by atoms with Crippen molar-refractivity contribution in [1.82, 2.24) is 24.0 Å². The number of imidazole rings is 1. The number of amides is 1. The molecule has 0 fully saturated rings. The number of hydrogen-bond acceptors (Lipinski definition) is 5. The highest BCUT2D eigenvalue weighted by atomic mass is 16.2. The minimum Gasteiger partial charge on any atom is -0.344 e. The molecule has 1 N–H and O–H groups in total. The maximum Gasteiger partial charge on any atom is 0.332 e. The predicted octanol–water partition coefficient (Wildman–Crippen LogP) is -0.250. The van der Waals surface area contributed by atoms with Gasteiger partial charge in [0.05, 0.1) is 12.4 Å². The SMILES string of the molecule is CC(=O)[C@@H](Cc1ccccc1)NC(=O)Cn1cnc2c1c(=O)n(C)c(=O)n2C. The fourth-order valence-corrected chi connectivity index (χ4v) is 3.06. The monoisotopic (exact) mass is 383 g/mol. The first-order valence-corrected chi connectivity index (χ1v) is 8.74. The molecule has 0 aliphatic carbocycles. The number of aromatic nitrogens is 4. The maximum atomic E-state index is 12.5. The summed E-state index contributed by atoms with van der Waals surface area (Å²) >= 11 is 0. The summed E-state index contributed by atoms with van der Waals surface area (Å²) in [6.45, 7) is 1.23. The van der Waals surface area contributed by atoms with Crippen LogP contribution in [0, 0.1) is 0 Å². The molecule has 0 unspecified atom stereocenters. The second kappa shape index (κ2) is 7.63. The summed E-state index contributed by atoms with van der Waals surface area (Å²) in [5.41, 5.74) is 0.262. The van der Waals surface area contributed by atoms with Crippen molar-refractivity contribution in [3.63, 3.8) is 0 Å². The van der Waals surface area contributed by atoms with Crippen LogP contribution in [0.4, 0.5) is 0 Å². The van der Waals surface area contributed by atoms with E-state index in [9.17, 15) is 19.2 Å². The Bertz CT molecular complexity index is 1160. The average Bonchev–Trinajstić information content (AvgIpc) is 3.08. The molecule has 9 nitrogen and oxygen atoms in total. The standard InChI is InChI=1S/C19H21N5O4/c1-12(25)14(9-13-7-5-4-6-8-13)21-15(26)10-24-11-20-17-16(24)18(27)23(3)19(28)22(17)2/h4-8,11,14H,9-10H2,1-3H3,(H,21,26)/t14-/m1/s1. The van der Waals surface area contributed by atoms with E-state index in [2.05, 4.69) is 10.3 Å². The molecule has 146 valence electrons. The van der Waals surface area contributed by atoms with Gasteiger partial charge in [-0.15, -0.1) is 0 Å². The van der Waals surface area contributed by atoms with Crippen molar-refractivity contribution in [3.05, 3.63) is 63.1 Å². The van der Waals surface area contributed by atoms with E-state index < -0.39 is 23.2 Å². The number of Topliss-reactive ketones (excluding diaryl/α,β-unsaturated/α-hetero) is 1. The lowest BCUT2D eigenvalue weighted by Crippen LogP contribution is -2.43. The number of nitrogens with zero attached hydrogens (tertiary/aromatic N) is 4. The molecule has 9 heteroatoms. The van der Waals surface area contributed by atoms with E-state index >= 15 is 0 Å². The Morgan fingerprint density at radius 1 is 1.11 bits per heavy atom. The van der Waals surface area contributed by atoms with Gasteiger partial charge < -0.3 is 9.88 Å². The third-order valence-electron chi connectivity index (χ3n) is 4.64. The van der Waals surface area contributed by atoms with Gasteiger partial charge in [0.2, 0.25) is 5.91 Å². The Balaban J connectivity index is 1.83. The van der Waals surface area contributed by atoms with Crippen molar-refractivity contribution < 1.29 is 9.59 Å². The molecule has 0 saturated carbocycles. The van der Waals surface area contributed by atoms with E-state index in [4.69, 9.17) is 0 Å². The summed E-state index contributed by atoms with van der Waals surface area (Å²) < 4.78 is 3.59. The van der Waals surface area contributed by atoms with E-state index in [1.165, 1.54) is 36.5 Å². The second-order valence-corrected chi connectivity index (χ2v) is 6.67. The van der Waals surface area contributed by atoms with E-state index in [0.717, 1.165) is 10.1 Å². The lowest BCUT2D eigenvalue weighted by Gasteiger charge is -2.16. The van der Waals surface area contributed by atoms with Gasteiger partial charge in [-0.2, -0.15) is 0 Å². The molecule has 3 aromatic rings. The lowest BCUT2D eigenvalue weighted by molar-refractivity contribution is -0.127. The second-order valence-electron chi connectivity index (χ2n) is 6.67. The van der Waals surface area contributed by atoms with Crippen LogP contribution in [0.5, 0.6) is 0 Å². The number of rotatable bonds is 6. The van der Waals surface area contributed by atoms with Crippen molar-refractivity contribution in [1.29, 1.82) is 0 Å². The van der Waals surface area contributed by atoms with Crippen molar-refractivity contribution in [2.75, 3.05) is 0 Å². The normalized spacial score (nSPS) is 12.1. The van der Waals surface area contributed by atoms with Gasteiger partial charge in [-0.05, 0) is 18.9 Å². The number of aryl methyl sites for hydroxylation is 1. The molecular weight excluding hydrogens is 362 g/mol. The predicted molar refractivity (Wildman–Crippen MR) is 103 cm³/mol. The van der Waals surface area contributed by atoms with Crippen LogP contribution >= 0.6 is 0 Å². The number of benzene rings is 1. The van der Waals surface area contributed by atoms with Crippen LogP contribution in [0.3, 0.4) is 0 Å². The van der Waals surface area contributed by atoms with Crippen molar-refractivity contribution in [2.24, 2.45) is 14.1 Å². The summed E-state index contributed by atoms with van der Waals surface area (Å²) in [5.74, 6) is -0.586. The molecule has 2 heterocycles. The zero-order valence-corrected chi connectivity index (χ0v) is 15.9. The molecule has 0 spiro atoms. The number of carbonyl (C=O) groups excluding carboxylic acids is 2. The van der Waals surface area contributed by atoms with Crippen LogP contribution in [0.15, 0.2) is 46.2 Å². The first kappa shape index (κ1) is 19.3. The Labute approximate surface area is 160 Å². The Morgan fingerprint density at radius 2 is 1.79 bits per heavy atom. The Kier molecular flexibility index (Phi) is 5.25. The Hall–Kier alpha value is -3.49. The summed E-state index contributed by atoms with van der Waals surface area (Å²) in [6, 6.07) is 8.71. The van der Waals surface area contributed by atoms with Crippen LogP contribution in [-0.4, -0.2) is 36.4 Å². The van der Waals surface area contributed by atoms with Gasteiger partial charge in [0.25, 0.3) is 5.56 Å². The highest BCUT2D eigenvalue weighted by Gasteiger charge is 2.20. The molecule has 2 aromatic heterocycles. The molecule has 0 aliphatic heterocycles. The number of hydrogen-bond donors (Lipinski definition) is 1. The molecule has 0 radical (unpaired) electrons. The van der Waals surface area contributed by atoms with Gasteiger partial charge in [-0.25, -0.2) is 9.78 Å². The van der Waals surface area contributed by atoms with Gasteiger partial charge in [0, 0.05) is 14.1 Å². The molecule has 1 amide bonds. The molecule has 0 saturated heterocycles. The molecule has 0 aliphatic rings. The summed E-state index contributed by atoms with van der Waals surface area (Å²) in [6.07, 6.45) is 1.72. The molecule has 1 aromatic carbocycles. The average molecular weight is 383 g/mol. The third kappa shape index (κ3) is 3.64. The Morgan fingerprint density at radius 3 is 2.43 bits per heavy atom. The number of fused-ring (bicyclic) bond motifs is 1. The molecule has 28 heavy (non-hydrogen) atoms. The molecule has 0 bridgehead atoms. The van der Waals surface area contributed by atoms with E-state index in [-0.39, 0.29) is 23.5 Å². The van der Waals surface area contributed by atoms with Crippen LogP contribution in [0.25, 0.3) is 11.2 Å². The highest BCUT2D eigenvalue weighted by Crippen LogP contribution is 2.07. The summed E-state index contributed by atoms with van der Waals surface area (Å²) in [7, 11) is 2.88. The highest BCUT2D eigenvalue weighted by molar-refractivity contribution is 5.88. The topological polar surface area (TPSA) is 108 Å². The number of carbonyl (C=O) groups is 2. The zero-order valence-electron chi connectivity index (χ0n) is 15.9. The van der Waals surface area contributed by atoms with Gasteiger partial charge in [0.15, 0.2) is 16.9 Å². The third-order valence-corrected chi connectivity index (χ3v) is 4.64. The van der Waals surface area contributed by atoms with Gasteiger partial charge in [-0.1, -0.05) is 30.3 Å². The largest absolute Gasteiger partial charge is 0.344 e. The lowest BCUT2D eigenvalue weighted by atomic mass is 10.0. The van der Waals surface area contributed by atoms with Crippen LogP contribution < -0.4 is 16.6 Å². The van der Waals surface area contributed by atoms with Crippen LogP contribution in [0.1, 0.15) is 12.5 Å². The summed E-state index contributed by atoms with van der Waals surface area (Å²) in [5, 5.41) is 2.71. The van der Waals surface area contributed by atoms with Crippen LogP contribution in [0.2, 0.25) is 0 Å². The van der Waals surface area contributed by atoms with Crippen LogP contribution in [-0.2, 0) is 36.6 Å². The first-order chi connectivity index (χ1) is 13.3. The van der Waals surface area contributed by atoms with Crippen molar-refractivity contribution >= 4 is 22.9 Å². The summed E-state index contributed by atoms with van der Waals surface area (Å²) in [4.78, 5) is 53.0. The smallest absolute Gasteiger partial charge is 0.332 e. The molecule has 3 rings (SSSR count). The fraction of sp³-hybridized carbons (Fsp3) is 0.316. The maximum absolute atomic E-state index is 12.5.